The van der Waals surface area contributed by atoms with Gasteiger partial charge in [0.15, 0.2) is 12.6 Å². The second-order valence-electron chi connectivity index (χ2n) is 21.4. The number of aliphatic hydroxyl groups is 8. The lowest BCUT2D eigenvalue weighted by Gasteiger charge is -2.46. The summed E-state index contributed by atoms with van der Waals surface area (Å²) < 4.78 is 22.8. The van der Waals surface area contributed by atoms with Gasteiger partial charge in [0.05, 0.1) is 32.0 Å². The fourth-order valence-corrected chi connectivity index (χ4v) is 9.79. The third kappa shape index (κ3) is 32.7. The van der Waals surface area contributed by atoms with Gasteiger partial charge in [-0.25, -0.2) is 0 Å². The van der Waals surface area contributed by atoms with Crippen LogP contribution in [0.5, 0.6) is 0 Å². The van der Waals surface area contributed by atoms with E-state index in [1.54, 1.807) is 6.08 Å². The highest BCUT2D eigenvalue weighted by molar-refractivity contribution is 5.76. The number of hydrogen-bond donors (Lipinski definition) is 9. The van der Waals surface area contributed by atoms with Gasteiger partial charge in [0.1, 0.15) is 48.8 Å². The molecule has 14 heteroatoms. The van der Waals surface area contributed by atoms with Crippen molar-refractivity contribution in [3.8, 4) is 0 Å². The second kappa shape index (κ2) is 47.5. The van der Waals surface area contributed by atoms with Gasteiger partial charge in [0, 0.05) is 6.42 Å². The maximum atomic E-state index is 13.2. The van der Waals surface area contributed by atoms with Crippen LogP contribution < -0.4 is 5.32 Å². The summed E-state index contributed by atoms with van der Waals surface area (Å²) in [6.45, 7) is 2.67. The first kappa shape index (κ1) is 69.8. The minimum absolute atomic E-state index is 0.260. The fraction of sp³-hybridized carbons (Fsp3) is 0.823. The number of unbranched alkanes of at least 4 members (excludes halogenated alkanes) is 27. The lowest BCUT2D eigenvalue weighted by atomic mass is 9.97. The molecule has 76 heavy (non-hydrogen) atoms. The molecule has 0 aliphatic carbocycles. The van der Waals surface area contributed by atoms with Crippen LogP contribution in [0, 0.1) is 0 Å². The summed E-state index contributed by atoms with van der Waals surface area (Å²) in [7, 11) is 0. The van der Waals surface area contributed by atoms with Gasteiger partial charge in [0.25, 0.3) is 0 Å². The summed E-state index contributed by atoms with van der Waals surface area (Å²) in [4.78, 5) is 13.2. The number of rotatable bonds is 48. The molecule has 0 radical (unpaired) electrons. The summed E-state index contributed by atoms with van der Waals surface area (Å²) in [5.74, 6) is -0.260. The van der Waals surface area contributed by atoms with Crippen LogP contribution in [0.25, 0.3) is 0 Å². The fourth-order valence-electron chi connectivity index (χ4n) is 9.79. The van der Waals surface area contributed by atoms with Crippen LogP contribution in [0.15, 0.2) is 60.8 Å². The molecule has 14 nitrogen and oxygen atoms in total. The van der Waals surface area contributed by atoms with Crippen LogP contribution in [-0.2, 0) is 23.7 Å². The predicted molar refractivity (Wildman–Crippen MR) is 304 cm³/mol. The Labute approximate surface area is 460 Å². The van der Waals surface area contributed by atoms with Gasteiger partial charge in [0.2, 0.25) is 5.91 Å². The Morgan fingerprint density at radius 3 is 1.45 bits per heavy atom. The van der Waals surface area contributed by atoms with E-state index in [-0.39, 0.29) is 18.9 Å². The van der Waals surface area contributed by atoms with Gasteiger partial charge < -0.3 is 65.1 Å². The monoisotopic (exact) mass is 1080 g/mol. The van der Waals surface area contributed by atoms with E-state index >= 15 is 0 Å². The first-order chi connectivity index (χ1) is 37.1. The van der Waals surface area contributed by atoms with Crippen molar-refractivity contribution in [2.75, 3.05) is 19.8 Å². The Morgan fingerprint density at radius 2 is 0.921 bits per heavy atom. The van der Waals surface area contributed by atoms with Crippen LogP contribution in [0.4, 0.5) is 0 Å². The van der Waals surface area contributed by atoms with Crippen LogP contribution in [0.2, 0.25) is 0 Å². The highest BCUT2D eigenvalue weighted by Crippen LogP contribution is 2.30. The van der Waals surface area contributed by atoms with Crippen molar-refractivity contribution in [3.05, 3.63) is 60.8 Å². The molecule has 2 aliphatic rings. The maximum absolute atomic E-state index is 13.2. The van der Waals surface area contributed by atoms with Gasteiger partial charge in [-0.2, -0.15) is 0 Å². The molecule has 0 aromatic carbocycles. The molecule has 0 bridgehead atoms. The molecule has 0 spiro atoms. The molecule has 2 heterocycles. The van der Waals surface area contributed by atoms with Crippen molar-refractivity contribution >= 4 is 5.91 Å². The highest BCUT2D eigenvalue weighted by Gasteiger charge is 2.51. The smallest absolute Gasteiger partial charge is 0.220 e. The van der Waals surface area contributed by atoms with E-state index in [1.165, 1.54) is 128 Å². The SMILES string of the molecule is CC/C=C\C/C=C\C/C=C\CCCCCCCCCC(=O)NC(COC1OC(CO)C(OC2OC(CO)C(O)C(O)C2O)C(O)C1O)C(O)/C=C/CC/C=C/CCCCCCCCCCCCCCCCCCCCC. The number of carbonyl (C=O) groups excluding carboxylic acids is 1. The lowest BCUT2D eigenvalue weighted by Crippen LogP contribution is -2.65. The normalized spacial score (nSPS) is 25.3. The predicted octanol–water partition coefficient (Wildman–Crippen LogP) is 10.6. The Hall–Kier alpha value is -2.31. The van der Waals surface area contributed by atoms with Gasteiger partial charge >= 0.3 is 0 Å². The van der Waals surface area contributed by atoms with E-state index in [9.17, 15) is 45.6 Å². The van der Waals surface area contributed by atoms with Crippen LogP contribution >= 0.6 is 0 Å². The van der Waals surface area contributed by atoms with E-state index in [1.807, 2.05) is 6.08 Å². The van der Waals surface area contributed by atoms with E-state index in [2.05, 4.69) is 67.8 Å². The quantitative estimate of drug-likeness (QED) is 0.0204. The van der Waals surface area contributed by atoms with Crippen molar-refractivity contribution < 1.29 is 64.6 Å². The van der Waals surface area contributed by atoms with E-state index < -0.39 is 86.8 Å². The summed E-state index contributed by atoms with van der Waals surface area (Å²) in [5, 5.41) is 87.1. The minimum atomic E-state index is -1.79. The van der Waals surface area contributed by atoms with Gasteiger partial charge in [-0.05, 0) is 64.2 Å². The molecule has 12 atom stereocenters. The Balaban J connectivity index is 1.77. The molecule has 442 valence electrons. The Morgan fingerprint density at radius 1 is 0.487 bits per heavy atom. The molecular weight excluding hydrogens is 967 g/mol. The standard InChI is InChI=1S/C62H111NO13/c1-3-5-7-9-11-13-15-17-19-21-22-23-24-25-26-27-28-30-31-33-35-37-39-41-43-45-51(66)50(63-54(67)46-44-42-40-38-36-34-32-29-20-18-16-14-12-10-8-6-4-2)49-73-61-59(72)57(70)60(53(48-65)75-61)76-62-58(71)56(69)55(68)52(47-64)74-62/h6,8,12,14,18,20,35,37,43,45,50-53,55-62,64-66,68-72H,3-5,7,9-11,13,15-17,19,21-34,36,38-42,44,46-49H2,1-2H3,(H,63,67)/b8-6-,14-12-,20-18-,37-35+,45-43+. The number of hydrogen-bond acceptors (Lipinski definition) is 13. The third-order valence-electron chi connectivity index (χ3n) is 14.7. The van der Waals surface area contributed by atoms with Crippen LogP contribution in [0.3, 0.4) is 0 Å². The summed E-state index contributed by atoms with van der Waals surface area (Å²) >= 11 is 0. The highest BCUT2D eigenvalue weighted by atomic mass is 16.7. The first-order valence-corrected chi connectivity index (χ1v) is 30.5. The number of amides is 1. The Bertz CT molecular complexity index is 1510. The van der Waals surface area contributed by atoms with Crippen molar-refractivity contribution in [3.63, 3.8) is 0 Å². The molecular formula is C62H111NO13. The maximum Gasteiger partial charge on any atom is 0.220 e. The summed E-state index contributed by atoms with van der Waals surface area (Å²) in [6, 6.07) is -0.940. The van der Waals surface area contributed by atoms with Crippen molar-refractivity contribution in [1.29, 1.82) is 0 Å². The largest absolute Gasteiger partial charge is 0.394 e. The topological polar surface area (TPSA) is 228 Å². The molecule has 0 saturated carbocycles. The summed E-state index contributed by atoms with van der Waals surface area (Å²) in [5.41, 5.74) is 0. The van der Waals surface area contributed by atoms with Crippen molar-refractivity contribution in [2.24, 2.45) is 0 Å². The van der Waals surface area contributed by atoms with Gasteiger partial charge in [-0.15, -0.1) is 0 Å². The van der Waals surface area contributed by atoms with Gasteiger partial charge in [-0.1, -0.05) is 222 Å². The number of aliphatic hydroxyl groups excluding tert-OH is 8. The van der Waals surface area contributed by atoms with E-state index in [0.717, 1.165) is 70.6 Å². The molecule has 1 amide bonds. The third-order valence-corrected chi connectivity index (χ3v) is 14.7. The van der Waals surface area contributed by atoms with Gasteiger partial charge in [-0.3, -0.25) is 4.79 Å². The average Bonchev–Trinajstić information content (AvgIpc) is 3.42. The van der Waals surface area contributed by atoms with Crippen molar-refractivity contribution in [1.82, 2.24) is 5.32 Å². The zero-order chi connectivity index (χ0) is 55.3. The molecule has 12 unspecified atom stereocenters. The number of nitrogens with one attached hydrogen (secondary N) is 1. The number of allylic oxidation sites excluding steroid dienone is 9. The molecule has 2 rings (SSSR count). The minimum Gasteiger partial charge on any atom is -0.394 e. The molecule has 0 aromatic rings. The Kier molecular flexibility index (Phi) is 43.6. The average molecular weight is 1080 g/mol. The molecule has 0 aromatic heterocycles. The van der Waals surface area contributed by atoms with Crippen molar-refractivity contribution in [2.45, 2.75) is 306 Å². The second-order valence-corrected chi connectivity index (χ2v) is 21.4. The van der Waals surface area contributed by atoms with E-state index in [0.29, 0.717) is 12.8 Å². The van der Waals surface area contributed by atoms with E-state index in [4.69, 9.17) is 18.9 Å². The number of ether oxygens (including phenoxy) is 4. The number of carbonyl (C=O) groups is 1. The molecule has 9 N–H and O–H groups in total. The van der Waals surface area contributed by atoms with Crippen LogP contribution in [-0.4, -0.2) is 140 Å². The zero-order valence-corrected chi connectivity index (χ0v) is 47.5. The van der Waals surface area contributed by atoms with Crippen LogP contribution in [0.1, 0.15) is 232 Å². The summed E-state index contributed by atoms with van der Waals surface area (Å²) in [6.07, 6.45) is 44.1. The molecule has 2 fully saturated rings. The first-order valence-electron chi connectivity index (χ1n) is 30.5. The molecule has 2 aliphatic heterocycles. The zero-order valence-electron chi connectivity index (χ0n) is 47.5. The molecule has 2 saturated heterocycles. The lowest BCUT2D eigenvalue weighted by molar-refractivity contribution is -0.359.